The quantitative estimate of drug-likeness (QED) is 0.583. The van der Waals surface area contributed by atoms with Crippen LogP contribution in [0.15, 0.2) is 59.7 Å². The minimum absolute atomic E-state index is 0.0731. The van der Waals surface area contributed by atoms with Crippen LogP contribution in [0.2, 0.25) is 0 Å². The summed E-state index contributed by atoms with van der Waals surface area (Å²) in [6, 6.07) is 11.4. The number of benzene rings is 1. The van der Waals surface area contributed by atoms with Crippen LogP contribution in [0.5, 0.6) is 0 Å². The Labute approximate surface area is 164 Å². The molecule has 144 valence electrons. The summed E-state index contributed by atoms with van der Waals surface area (Å²) >= 11 is 0. The predicted molar refractivity (Wildman–Crippen MR) is 103 cm³/mol. The molecule has 1 aliphatic rings. The van der Waals surface area contributed by atoms with Crippen LogP contribution in [-0.2, 0) is 24.3 Å². The molecule has 0 aliphatic carbocycles. The van der Waals surface area contributed by atoms with Crippen molar-refractivity contribution in [3.05, 3.63) is 87.9 Å². The Balaban J connectivity index is 1.44. The Morgan fingerprint density at radius 3 is 2.76 bits per heavy atom. The van der Waals surface area contributed by atoms with Gasteiger partial charge in [-0.1, -0.05) is 6.07 Å². The van der Waals surface area contributed by atoms with Crippen molar-refractivity contribution in [3.8, 4) is 11.3 Å². The second kappa shape index (κ2) is 6.66. The first kappa shape index (κ1) is 17.3. The Hall–Kier alpha value is -3.81. The maximum atomic E-state index is 13.2. The molecule has 0 fully saturated rings. The first-order valence-corrected chi connectivity index (χ1v) is 9.14. The summed E-state index contributed by atoms with van der Waals surface area (Å²) in [5.41, 5.74) is 3.61. The molecule has 0 unspecified atom stereocenters. The number of aromatic nitrogens is 4. The highest BCUT2D eigenvalue weighted by Crippen LogP contribution is 2.23. The lowest BCUT2D eigenvalue weighted by atomic mass is 10.1. The summed E-state index contributed by atoms with van der Waals surface area (Å²) in [7, 11) is 0. The van der Waals surface area contributed by atoms with E-state index in [4.69, 9.17) is 0 Å². The third-order valence-electron chi connectivity index (χ3n) is 5.07. The molecule has 8 heteroatoms. The lowest BCUT2D eigenvalue weighted by Crippen LogP contribution is -2.28. The first-order chi connectivity index (χ1) is 14.1. The average molecular weight is 389 g/mol. The van der Waals surface area contributed by atoms with Crippen LogP contribution in [-0.4, -0.2) is 30.4 Å². The van der Waals surface area contributed by atoms with Gasteiger partial charge in [0.25, 0.3) is 5.56 Å². The molecule has 0 saturated heterocycles. The van der Waals surface area contributed by atoms with Crippen LogP contribution >= 0.6 is 0 Å². The van der Waals surface area contributed by atoms with Crippen molar-refractivity contribution in [1.29, 1.82) is 0 Å². The number of carbonyl (C=O) groups excluding carboxylic acids is 1. The van der Waals surface area contributed by atoms with Crippen LogP contribution < -0.4 is 5.56 Å². The van der Waals surface area contributed by atoms with Gasteiger partial charge in [-0.25, -0.2) is 13.9 Å². The number of hydrogen-bond acceptors (Lipinski definition) is 4. The van der Waals surface area contributed by atoms with Gasteiger partial charge in [0.15, 0.2) is 5.65 Å². The fourth-order valence-corrected chi connectivity index (χ4v) is 3.56. The van der Waals surface area contributed by atoms with Gasteiger partial charge >= 0.3 is 0 Å². The number of fused-ring (bicyclic) bond motifs is 2. The topological polar surface area (TPSA) is 83.4 Å². The van der Waals surface area contributed by atoms with Crippen LogP contribution in [0, 0.1) is 5.82 Å². The van der Waals surface area contributed by atoms with E-state index in [1.54, 1.807) is 41.6 Å². The molecule has 0 spiro atoms. The summed E-state index contributed by atoms with van der Waals surface area (Å²) < 4.78 is 14.5. The molecule has 0 bridgehead atoms. The van der Waals surface area contributed by atoms with Gasteiger partial charge < -0.3 is 4.90 Å². The van der Waals surface area contributed by atoms with E-state index in [9.17, 15) is 14.0 Å². The molecule has 0 saturated carbocycles. The average Bonchev–Trinajstić information content (AvgIpc) is 3.34. The zero-order valence-electron chi connectivity index (χ0n) is 15.3. The van der Waals surface area contributed by atoms with Crippen molar-refractivity contribution in [2.75, 3.05) is 0 Å². The number of carbonyl (C=O) groups is 1. The molecule has 1 N–H and O–H groups in total. The molecular formula is C21H16FN5O2. The van der Waals surface area contributed by atoms with Gasteiger partial charge in [0.2, 0.25) is 5.91 Å². The van der Waals surface area contributed by atoms with E-state index in [1.165, 1.54) is 16.6 Å². The SMILES string of the molecule is O=C(Cc1cccnc1)N1Cc2nc3cc(-c4ccc(F)cc4)[nH]n3c(=O)c2C1. The smallest absolute Gasteiger partial charge is 0.278 e. The van der Waals surface area contributed by atoms with Crippen LogP contribution in [0.3, 0.4) is 0 Å². The van der Waals surface area contributed by atoms with E-state index in [-0.39, 0.29) is 30.2 Å². The molecule has 7 nitrogen and oxygen atoms in total. The third kappa shape index (κ3) is 3.08. The fraction of sp³-hybridized carbons (Fsp3) is 0.143. The molecule has 0 radical (unpaired) electrons. The van der Waals surface area contributed by atoms with Gasteiger partial charge in [0.05, 0.1) is 36.5 Å². The highest BCUT2D eigenvalue weighted by atomic mass is 19.1. The fourth-order valence-electron chi connectivity index (χ4n) is 3.56. The number of nitrogens with zero attached hydrogens (tertiary/aromatic N) is 4. The number of pyridine rings is 1. The molecule has 1 aromatic carbocycles. The van der Waals surface area contributed by atoms with Crippen molar-refractivity contribution in [2.45, 2.75) is 19.5 Å². The van der Waals surface area contributed by atoms with Crippen molar-refractivity contribution in [2.24, 2.45) is 0 Å². The van der Waals surface area contributed by atoms with Crippen molar-refractivity contribution < 1.29 is 9.18 Å². The van der Waals surface area contributed by atoms with E-state index in [1.807, 2.05) is 6.07 Å². The van der Waals surface area contributed by atoms with Crippen molar-refractivity contribution in [3.63, 3.8) is 0 Å². The number of H-pyrrole nitrogens is 1. The lowest BCUT2D eigenvalue weighted by Gasteiger charge is -2.14. The van der Waals surface area contributed by atoms with Crippen LogP contribution in [0.4, 0.5) is 4.39 Å². The van der Waals surface area contributed by atoms with Gasteiger partial charge in [-0.3, -0.25) is 19.7 Å². The van der Waals surface area contributed by atoms with Gasteiger partial charge in [-0.15, -0.1) is 0 Å². The summed E-state index contributed by atoms with van der Waals surface area (Å²) in [6.07, 6.45) is 3.55. The van der Waals surface area contributed by atoms with E-state index in [0.29, 0.717) is 29.1 Å². The predicted octanol–water partition coefficient (Wildman–Crippen LogP) is 2.31. The molecule has 29 heavy (non-hydrogen) atoms. The lowest BCUT2D eigenvalue weighted by molar-refractivity contribution is -0.131. The molecule has 4 heterocycles. The van der Waals surface area contributed by atoms with Gasteiger partial charge in [0.1, 0.15) is 5.82 Å². The zero-order chi connectivity index (χ0) is 20.0. The van der Waals surface area contributed by atoms with E-state index in [2.05, 4.69) is 15.1 Å². The Kier molecular flexibility index (Phi) is 3.97. The zero-order valence-corrected chi connectivity index (χ0v) is 15.3. The standard InChI is InChI=1S/C21H16FN5O2/c22-15-5-3-14(4-6-15)17-9-19-24-18-12-26(11-16(18)21(29)27(19)25-17)20(28)8-13-2-1-7-23-10-13/h1-7,9-10,25H,8,11-12H2. The number of nitrogens with one attached hydrogen (secondary N) is 1. The normalized spacial score (nSPS) is 13.1. The van der Waals surface area contributed by atoms with E-state index < -0.39 is 0 Å². The van der Waals surface area contributed by atoms with Crippen molar-refractivity contribution in [1.82, 2.24) is 24.5 Å². The highest BCUT2D eigenvalue weighted by molar-refractivity contribution is 5.79. The molecule has 3 aromatic heterocycles. The van der Waals surface area contributed by atoms with E-state index in [0.717, 1.165) is 11.1 Å². The third-order valence-corrected chi connectivity index (χ3v) is 5.07. The summed E-state index contributed by atoms with van der Waals surface area (Å²) in [5, 5.41) is 3.02. The molecule has 5 rings (SSSR count). The minimum Gasteiger partial charge on any atom is -0.332 e. The molecular weight excluding hydrogens is 373 g/mol. The first-order valence-electron chi connectivity index (χ1n) is 9.14. The number of hydrogen-bond donors (Lipinski definition) is 1. The second-order valence-corrected chi connectivity index (χ2v) is 7.00. The van der Waals surface area contributed by atoms with Crippen molar-refractivity contribution >= 4 is 11.6 Å². The highest BCUT2D eigenvalue weighted by Gasteiger charge is 2.28. The van der Waals surface area contributed by atoms with Gasteiger partial charge in [0, 0.05) is 18.5 Å². The Morgan fingerprint density at radius 2 is 2.00 bits per heavy atom. The summed E-state index contributed by atoms with van der Waals surface area (Å²) in [6.45, 7) is 0.533. The molecule has 0 atom stereocenters. The largest absolute Gasteiger partial charge is 0.332 e. The molecule has 1 aliphatic heterocycles. The van der Waals surface area contributed by atoms with Crippen LogP contribution in [0.1, 0.15) is 16.8 Å². The van der Waals surface area contributed by atoms with E-state index >= 15 is 0 Å². The van der Waals surface area contributed by atoms with Gasteiger partial charge in [-0.05, 0) is 41.5 Å². The maximum Gasteiger partial charge on any atom is 0.278 e. The minimum atomic E-state index is -0.324. The number of halogens is 1. The Bertz CT molecular complexity index is 1280. The maximum absolute atomic E-state index is 13.2. The van der Waals surface area contributed by atoms with Crippen LogP contribution in [0.25, 0.3) is 16.9 Å². The number of aromatic amines is 1. The number of rotatable bonds is 3. The second-order valence-electron chi connectivity index (χ2n) is 7.00. The monoisotopic (exact) mass is 389 g/mol. The van der Waals surface area contributed by atoms with Gasteiger partial charge in [-0.2, -0.15) is 0 Å². The molecule has 1 amide bonds. The Morgan fingerprint density at radius 1 is 1.17 bits per heavy atom. The number of amides is 1. The summed E-state index contributed by atoms with van der Waals surface area (Å²) in [5.74, 6) is -0.397. The summed E-state index contributed by atoms with van der Waals surface area (Å²) in [4.78, 5) is 35.8. The molecule has 4 aromatic rings.